The summed E-state index contributed by atoms with van der Waals surface area (Å²) in [5.41, 5.74) is 9.77. The molecule has 1 aromatic carbocycles. The van der Waals surface area contributed by atoms with E-state index in [9.17, 15) is 0 Å². The second-order valence-electron chi connectivity index (χ2n) is 4.46. The zero-order valence-corrected chi connectivity index (χ0v) is 10.1. The van der Waals surface area contributed by atoms with E-state index < -0.39 is 0 Å². The van der Waals surface area contributed by atoms with Crippen molar-refractivity contribution in [2.45, 2.75) is 33.1 Å². The molecule has 3 heteroatoms. The van der Waals surface area contributed by atoms with Crippen molar-refractivity contribution in [2.75, 3.05) is 6.54 Å². The summed E-state index contributed by atoms with van der Waals surface area (Å²) in [6.07, 6.45) is 0.908. The molecule has 2 rings (SSSR count). The Morgan fingerprint density at radius 1 is 1.38 bits per heavy atom. The first-order valence-electron chi connectivity index (χ1n) is 5.69. The molecule has 0 spiro atoms. The Kier molecular flexibility index (Phi) is 2.97. The second kappa shape index (κ2) is 4.26. The van der Waals surface area contributed by atoms with Gasteiger partial charge in [0.15, 0.2) is 11.5 Å². The van der Waals surface area contributed by atoms with Gasteiger partial charge in [0.1, 0.15) is 5.52 Å². The van der Waals surface area contributed by atoms with E-state index in [1.807, 2.05) is 0 Å². The molecule has 0 saturated heterocycles. The molecule has 0 radical (unpaired) electrons. The van der Waals surface area contributed by atoms with Gasteiger partial charge in [-0.05, 0) is 44.0 Å². The summed E-state index contributed by atoms with van der Waals surface area (Å²) in [5.74, 6) is 1.09. The Morgan fingerprint density at radius 3 is 2.81 bits per heavy atom. The highest BCUT2D eigenvalue weighted by molar-refractivity contribution is 5.77. The number of oxazole rings is 1. The molecular formula is C13H18N2O. The maximum Gasteiger partial charge on any atom is 0.198 e. The summed E-state index contributed by atoms with van der Waals surface area (Å²) in [6.45, 7) is 6.89. The van der Waals surface area contributed by atoms with Gasteiger partial charge < -0.3 is 10.2 Å². The lowest BCUT2D eigenvalue weighted by Gasteiger charge is -2.03. The summed E-state index contributed by atoms with van der Waals surface area (Å²) >= 11 is 0. The molecule has 0 saturated carbocycles. The van der Waals surface area contributed by atoms with Crippen molar-refractivity contribution in [3.05, 3.63) is 29.2 Å². The first-order chi connectivity index (χ1) is 7.61. The molecule has 16 heavy (non-hydrogen) atoms. The van der Waals surface area contributed by atoms with Crippen molar-refractivity contribution in [3.63, 3.8) is 0 Å². The number of aryl methyl sites for hydroxylation is 2. The van der Waals surface area contributed by atoms with E-state index in [1.54, 1.807) is 0 Å². The molecule has 0 amide bonds. The fourth-order valence-corrected chi connectivity index (χ4v) is 1.98. The van der Waals surface area contributed by atoms with E-state index in [0.717, 1.165) is 29.0 Å². The molecule has 1 heterocycles. The summed E-state index contributed by atoms with van der Waals surface area (Å²) in [4.78, 5) is 4.53. The molecule has 1 unspecified atom stereocenters. The quantitative estimate of drug-likeness (QED) is 0.861. The van der Waals surface area contributed by atoms with Crippen LogP contribution in [-0.4, -0.2) is 11.5 Å². The normalized spacial score (nSPS) is 13.2. The number of fused-ring (bicyclic) bond motifs is 1. The minimum atomic E-state index is 0.289. The highest BCUT2D eigenvalue weighted by Gasteiger charge is 2.14. The topological polar surface area (TPSA) is 52.0 Å². The molecule has 0 aliphatic heterocycles. The van der Waals surface area contributed by atoms with Crippen LogP contribution in [0, 0.1) is 13.8 Å². The third-order valence-corrected chi connectivity index (χ3v) is 2.86. The zero-order chi connectivity index (χ0) is 11.7. The standard InChI is InChI=1S/C13H18N2O/c1-8-6-10(3)12-11(7-8)15-13(16-12)9(2)4-5-14/h6-7,9H,4-5,14H2,1-3H3. The van der Waals surface area contributed by atoms with Crippen molar-refractivity contribution in [1.29, 1.82) is 0 Å². The number of rotatable bonds is 3. The number of hydrogen-bond donors (Lipinski definition) is 1. The van der Waals surface area contributed by atoms with E-state index in [1.165, 1.54) is 5.56 Å². The highest BCUT2D eigenvalue weighted by atomic mass is 16.3. The molecule has 0 aliphatic rings. The van der Waals surface area contributed by atoms with Gasteiger partial charge in [-0.2, -0.15) is 0 Å². The zero-order valence-electron chi connectivity index (χ0n) is 10.1. The number of aromatic nitrogens is 1. The Hall–Kier alpha value is -1.35. The third-order valence-electron chi connectivity index (χ3n) is 2.86. The first-order valence-corrected chi connectivity index (χ1v) is 5.69. The monoisotopic (exact) mass is 218 g/mol. The van der Waals surface area contributed by atoms with Gasteiger partial charge in [0.05, 0.1) is 0 Å². The second-order valence-corrected chi connectivity index (χ2v) is 4.46. The molecule has 0 bridgehead atoms. The predicted molar refractivity (Wildman–Crippen MR) is 65.6 cm³/mol. The van der Waals surface area contributed by atoms with E-state index in [-0.39, 0.29) is 5.92 Å². The van der Waals surface area contributed by atoms with Gasteiger partial charge >= 0.3 is 0 Å². The number of benzene rings is 1. The van der Waals surface area contributed by atoms with E-state index in [4.69, 9.17) is 10.2 Å². The average molecular weight is 218 g/mol. The summed E-state index contributed by atoms with van der Waals surface area (Å²) in [6, 6.07) is 4.18. The lowest BCUT2D eigenvalue weighted by molar-refractivity contribution is 0.472. The van der Waals surface area contributed by atoms with Gasteiger partial charge in [0.2, 0.25) is 0 Å². The van der Waals surface area contributed by atoms with Crippen molar-refractivity contribution in [1.82, 2.24) is 4.98 Å². The highest BCUT2D eigenvalue weighted by Crippen LogP contribution is 2.26. The van der Waals surface area contributed by atoms with Crippen molar-refractivity contribution in [2.24, 2.45) is 5.73 Å². The Balaban J connectivity index is 2.47. The molecule has 2 aromatic rings. The van der Waals surface area contributed by atoms with Gasteiger partial charge in [0, 0.05) is 5.92 Å². The molecule has 86 valence electrons. The molecule has 1 aromatic heterocycles. The lowest BCUT2D eigenvalue weighted by atomic mass is 10.1. The van der Waals surface area contributed by atoms with Crippen LogP contribution < -0.4 is 5.73 Å². The van der Waals surface area contributed by atoms with Crippen LogP contribution >= 0.6 is 0 Å². The van der Waals surface area contributed by atoms with Crippen LogP contribution in [0.1, 0.15) is 36.3 Å². The Bertz CT molecular complexity index is 502. The summed E-state index contributed by atoms with van der Waals surface area (Å²) < 4.78 is 5.80. The van der Waals surface area contributed by atoms with Crippen molar-refractivity contribution in [3.8, 4) is 0 Å². The molecule has 2 N–H and O–H groups in total. The number of nitrogens with zero attached hydrogens (tertiary/aromatic N) is 1. The van der Waals surface area contributed by atoms with Crippen molar-refractivity contribution < 1.29 is 4.42 Å². The Morgan fingerprint density at radius 2 is 2.12 bits per heavy atom. The Labute approximate surface area is 95.7 Å². The van der Waals surface area contributed by atoms with Gasteiger partial charge in [0.25, 0.3) is 0 Å². The lowest BCUT2D eigenvalue weighted by Crippen LogP contribution is -2.04. The molecular weight excluding hydrogens is 200 g/mol. The smallest absolute Gasteiger partial charge is 0.198 e. The van der Waals surface area contributed by atoms with E-state index in [2.05, 4.69) is 37.9 Å². The molecule has 1 atom stereocenters. The molecule has 3 nitrogen and oxygen atoms in total. The van der Waals surface area contributed by atoms with Crippen LogP contribution in [0.2, 0.25) is 0 Å². The number of hydrogen-bond acceptors (Lipinski definition) is 3. The minimum absolute atomic E-state index is 0.289. The van der Waals surface area contributed by atoms with Gasteiger partial charge in [-0.25, -0.2) is 4.98 Å². The van der Waals surface area contributed by atoms with Crippen molar-refractivity contribution >= 4 is 11.1 Å². The van der Waals surface area contributed by atoms with Crippen LogP contribution in [0.5, 0.6) is 0 Å². The first kappa shape index (κ1) is 11.1. The van der Waals surface area contributed by atoms with E-state index in [0.29, 0.717) is 6.54 Å². The molecule has 0 fully saturated rings. The van der Waals surface area contributed by atoms with Crippen LogP contribution in [0.25, 0.3) is 11.1 Å². The van der Waals surface area contributed by atoms with Gasteiger partial charge in [-0.1, -0.05) is 13.0 Å². The van der Waals surface area contributed by atoms with Crippen LogP contribution in [0.4, 0.5) is 0 Å². The van der Waals surface area contributed by atoms with Crippen LogP contribution in [0.15, 0.2) is 16.5 Å². The van der Waals surface area contributed by atoms with Crippen LogP contribution in [0.3, 0.4) is 0 Å². The van der Waals surface area contributed by atoms with Gasteiger partial charge in [-0.15, -0.1) is 0 Å². The van der Waals surface area contributed by atoms with Crippen LogP contribution in [-0.2, 0) is 0 Å². The maximum atomic E-state index is 5.80. The SMILES string of the molecule is Cc1cc(C)c2oc(C(C)CCN)nc2c1. The average Bonchev–Trinajstić information content (AvgIpc) is 2.62. The predicted octanol–water partition coefficient (Wildman–Crippen LogP) is 2.90. The molecule has 0 aliphatic carbocycles. The fourth-order valence-electron chi connectivity index (χ4n) is 1.98. The summed E-state index contributed by atoms with van der Waals surface area (Å²) in [5, 5.41) is 0. The summed E-state index contributed by atoms with van der Waals surface area (Å²) in [7, 11) is 0. The minimum Gasteiger partial charge on any atom is -0.440 e. The maximum absolute atomic E-state index is 5.80. The fraction of sp³-hybridized carbons (Fsp3) is 0.462. The van der Waals surface area contributed by atoms with Gasteiger partial charge in [-0.3, -0.25) is 0 Å². The third kappa shape index (κ3) is 1.95. The number of nitrogens with two attached hydrogens (primary N) is 1. The largest absolute Gasteiger partial charge is 0.440 e. The van der Waals surface area contributed by atoms with E-state index >= 15 is 0 Å².